The minimum Gasteiger partial charge on any atom is -0.367 e. The Kier molecular flexibility index (Phi) is 3.38. The van der Waals surface area contributed by atoms with Gasteiger partial charge in [0.25, 0.3) is 0 Å². The van der Waals surface area contributed by atoms with Crippen LogP contribution in [0.5, 0.6) is 0 Å². The summed E-state index contributed by atoms with van der Waals surface area (Å²) in [6.45, 7) is 1.57. The number of rotatable bonds is 2. The van der Waals surface area contributed by atoms with E-state index in [1.54, 1.807) is 18.3 Å². The summed E-state index contributed by atoms with van der Waals surface area (Å²) < 4.78 is 16.0. The Morgan fingerprint density at radius 2 is 2.30 bits per heavy atom. The smallest absolute Gasteiger partial charge is 0.147 e. The molecule has 1 unspecified atom stereocenters. The summed E-state index contributed by atoms with van der Waals surface area (Å²) in [4.78, 5) is 2.03. The van der Waals surface area contributed by atoms with Gasteiger partial charge in [0.1, 0.15) is 5.82 Å². The van der Waals surface area contributed by atoms with E-state index in [-0.39, 0.29) is 11.9 Å². The third-order valence-corrected chi connectivity index (χ3v) is 3.71. The molecule has 1 aliphatic heterocycles. The van der Waals surface area contributed by atoms with Crippen LogP contribution < -0.4 is 4.90 Å². The molecule has 102 valence electrons. The molecular formula is C15H15FN4. The number of nitrogens with zero attached hydrogens (tertiary/aromatic N) is 4. The Morgan fingerprint density at radius 3 is 3.00 bits per heavy atom. The van der Waals surface area contributed by atoms with E-state index in [0.717, 1.165) is 25.9 Å². The Morgan fingerprint density at radius 1 is 1.40 bits per heavy atom. The largest absolute Gasteiger partial charge is 0.367 e. The predicted octanol–water partition coefficient (Wildman–Crippen LogP) is 2.74. The van der Waals surface area contributed by atoms with E-state index in [1.807, 2.05) is 27.9 Å². The predicted molar refractivity (Wildman–Crippen MR) is 73.8 cm³/mol. The average molecular weight is 270 g/mol. The first kappa shape index (κ1) is 12.7. The molecule has 0 spiro atoms. The van der Waals surface area contributed by atoms with Gasteiger partial charge < -0.3 is 4.90 Å². The number of nitriles is 1. The monoisotopic (exact) mass is 270 g/mol. The van der Waals surface area contributed by atoms with Crippen LogP contribution in [0.15, 0.2) is 36.7 Å². The van der Waals surface area contributed by atoms with Crippen molar-refractivity contribution < 1.29 is 4.39 Å². The third-order valence-electron chi connectivity index (χ3n) is 3.71. The van der Waals surface area contributed by atoms with Crippen molar-refractivity contribution in [2.75, 3.05) is 18.0 Å². The number of aromatic nitrogens is 2. The number of anilines is 1. The van der Waals surface area contributed by atoms with Crippen LogP contribution in [0, 0.1) is 17.1 Å². The average Bonchev–Trinajstić information content (AvgIpc) is 3.01. The minimum absolute atomic E-state index is 0.272. The lowest BCUT2D eigenvalue weighted by Gasteiger charge is -2.34. The summed E-state index contributed by atoms with van der Waals surface area (Å²) in [5.74, 6) is -0.329. The van der Waals surface area contributed by atoms with Gasteiger partial charge in [-0.1, -0.05) is 0 Å². The van der Waals surface area contributed by atoms with Crippen LogP contribution in [-0.2, 0) is 0 Å². The molecule has 2 heterocycles. The van der Waals surface area contributed by atoms with E-state index in [4.69, 9.17) is 5.26 Å². The molecule has 0 aliphatic carbocycles. The van der Waals surface area contributed by atoms with Crippen molar-refractivity contribution in [3.63, 3.8) is 0 Å². The number of benzene rings is 1. The number of piperidine rings is 1. The Balaban J connectivity index is 1.82. The fourth-order valence-corrected chi connectivity index (χ4v) is 2.72. The Bertz CT molecular complexity index is 630. The second-order valence-electron chi connectivity index (χ2n) is 5.01. The molecule has 3 rings (SSSR count). The Labute approximate surface area is 117 Å². The van der Waals surface area contributed by atoms with Crippen molar-refractivity contribution in [1.29, 1.82) is 5.26 Å². The van der Waals surface area contributed by atoms with Gasteiger partial charge in [-0.3, -0.25) is 4.68 Å². The van der Waals surface area contributed by atoms with Crippen molar-refractivity contribution in [2.24, 2.45) is 0 Å². The molecule has 0 radical (unpaired) electrons. The lowest BCUT2D eigenvalue weighted by molar-refractivity contribution is 0.374. The van der Waals surface area contributed by atoms with E-state index in [2.05, 4.69) is 5.10 Å². The molecule has 1 aliphatic rings. The summed E-state index contributed by atoms with van der Waals surface area (Å²) >= 11 is 0. The zero-order valence-corrected chi connectivity index (χ0v) is 11.0. The van der Waals surface area contributed by atoms with Crippen LogP contribution in [0.1, 0.15) is 24.4 Å². The first-order valence-electron chi connectivity index (χ1n) is 6.71. The first-order chi connectivity index (χ1) is 9.78. The number of hydrogen-bond acceptors (Lipinski definition) is 3. The molecule has 0 saturated carbocycles. The van der Waals surface area contributed by atoms with Gasteiger partial charge in [0.15, 0.2) is 0 Å². The van der Waals surface area contributed by atoms with Gasteiger partial charge in [0, 0.05) is 25.5 Å². The summed E-state index contributed by atoms with van der Waals surface area (Å²) in [6, 6.07) is 8.79. The van der Waals surface area contributed by atoms with Crippen LogP contribution in [0.25, 0.3) is 0 Å². The van der Waals surface area contributed by atoms with E-state index in [1.165, 1.54) is 6.07 Å². The second kappa shape index (κ2) is 5.33. The highest BCUT2D eigenvalue weighted by atomic mass is 19.1. The molecule has 1 aromatic heterocycles. The van der Waals surface area contributed by atoms with E-state index >= 15 is 0 Å². The molecule has 20 heavy (non-hydrogen) atoms. The van der Waals surface area contributed by atoms with Gasteiger partial charge in [0.2, 0.25) is 0 Å². The lowest BCUT2D eigenvalue weighted by Crippen LogP contribution is -2.37. The topological polar surface area (TPSA) is 44.9 Å². The van der Waals surface area contributed by atoms with Gasteiger partial charge in [-0.05, 0) is 37.1 Å². The molecule has 1 fully saturated rings. The van der Waals surface area contributed by atoms with Gasteiger partial charge in [-0.25, -0.2) is 4.39 Å². The molecule has 1 saturated heterocycles. The Hall–Kier alpha value is -2.35. The normalized spacial score (nSPS) is 18.8. The number of hydrogen-bond donors (Lipinski definition) is 0. The molecule has 5 heteroatoms. The van der Waals surface area contributed by atoms with Gasteiger partial charge in [-0.15, -0.1) is 0 Å². The maximum atomic E-state index is 14.1. The summed E-state index contributed by atoms with van der Waals surface area (Å²) in [7, 11) is 0. The summed E-state index contributed by atoms with van der Waals surface area (Å²) in [5, 5.41) is 13.1. The molecule has 1 atom stereocenters. The van der Waals surface area contributed by atoms with Crippen molar-refractivity contribution in [2.45, 2.75) is 18.9 Å². The highest BCUT2D eigenvalue weighted by Gasteiger charge is 2.23. The highest BCUT2D eigenvalue weighted by molar-refractivity contribution is 5.51. The van der Waals surface area contributed by atoms with Gasteiger partial charge in [-0.2, -0.15) is 10.4 Å². The maximum absolute atomic E-state index is 14.1. The second-order valence-corrected chi connectivity index (χ2v) is 5.01. The van der Waals surface area contributed by atoms with Crippen LogP contribution in [0.3, 0.4) is 0 Å². The van der Waals surface area contributed by atoms with Crippen LogP contribution in [-0.4, -0.2) is 22.9 Å². The van der Waals surface area contributed by atoms with Crippen LogP contribution >= 0.6 is 0 Å². The minimum atomic E-state index is -0.329. The van der Waals surface area contributed by atoms with Crippen LogP contribution in [0.4, 0.5) is 10.1 Å². The zero-order chi connectivity index (χ0) is 13.9. The lowest BCUT2D eigenvalue weighted by atomic mass is 10.0. The van der Waals surface area contributed by atoms with E-state index in [0.29, 0.717) is 11.3 Å². The molecular weight excluding hydrogens is 255 g/mol. The molecule has 1 aromatic carbocycles. The molecule has 0 amide bonds. The van der Waals surface area contributed by atoms with Crippen molar-refractivity contribution in [3.8, 4) is 6.07 Å². The third kappa shape index (κ3) is 2.37. The molecule has 2 aromatic rings. The van der Waals surface area contributed by atoms with E-state index < -0.39 is 0 Å². The van der Waals surface area contributed by atoms with Crippen LogP contribution in [0.2, 0.25) is 0 Å². The van der Waals surface area contributed by atoms with Crippen molar-refractivity contribution in [1.82, 2.24) is 9.78 Å². The fraction of sp³-hybridized carbons (Fsp3) is 0.333. The van der Waals surface area contributed by atoms with Crippen molar-refractivity contribution >= 4 is 5.69 Å². The highest BCUT2D eigenvalue weighted by Crippen LogP contribution is 2.28. The SMILES string of the molecule is N#Cc1ccc(N2CCCC(n3cccn3)C2)c(F)c1. The first-order valence-corrected chi connectivity index (χ1v) is 6.71. The van der Waals surface area contributed by atoms with Gasteiger partial charge >= 0.3 is 0 Å². The molecule has 0 N–H and O–H groups in total. The van der Waals surface area contributed by atoms with Crippen molar-refractivity contribution in [3.05, 3.63) is 48.0 Å². The standard InChI is InChI=1S/C15H15FN4/c16-14-9-12(10-17)4-5-15(14)19-7-1-3-13(11-19)20-8-2-6-18-20/h2,4-6,8-9,13H,1,3,7,11H2. The quantitative estimate of drug-likeness (QED) is 0.843. The summed E-state index contributed by atoms with van der Waals surface area (Å²) in [5.41, 5.74) is 0.924. The fourth-order valence-electron chi connectivity index (χ4n) is 2.72. The summed E-state index contributed by atoms with van der Waals surface area (Å²) in [6.07, 6.45) is 5.77. The molecule has 4 nitrogen and oxygen atoms in total. The number of halogens is 1. The maximum Gasteiger partial charge on any atom is 0.147 e. The van der Waals surface area contributed by atoms with Gasteiger partial charge in [0.05, 0.1) is 23.4 Å². The molecule has 0 bridgehead atoms. The van der Waals surface area contributed by atoms with E-state index in [9.17, 15) is 4.39 Å². The zero-order valence-electron chi connectivity index (χ0n) is 11.0.